The summed E-state index contributed by atoms with van der Waals surface area (Å²) in [7, 11) is 1.66. The van der Waals surface area contributed by atoms with Gasteiger partial charge in [0.2, 0.25) is 11.8 Å². The number of carbonyl (C=O) groups excluding carboxylic acids is 2. The minimum atomic E-state index is -0.0286. The summed E-state index contributed by atoms with van der Waals surface area (Å²) in [5.41, 5.74) is 5.88. The van der Waals surface area contributed by atoms with Gasteiger partial charge in [-0.05, 0) is 19.3 Å². The Labute approximate surface area is 109 Å². The molecule has 1 aliphatic rings. The first kappa shape index (κ1) is 15.0. The lowest BCUT2D eigenvalue weighted by Crippen LogP contribution is -2.43. The van der Waals surface area contributed by atoms with E-state index in [1.807, 2.05) is 4.90 Å². The predicted molar refractivity (Wildman–Crippen MR) is 70.9 cm³/mol. The number of amides is 2. The van der Waals surface area contributed by atoms with Crippen molar-refractivity contribution in [1.29, 1.82) is 0 Å². The molecule has 2 amide bonds. The van der Waals surface area contributed by atoms with E-state index in [2.05, 4.69) is 12.2 Å². The van der Waals surface area contributed by atoms with E-state index in [0.717, 1.165) is 25.7 Å². The van der Waals surface area contributed by atoms with Crippen LogP contribution in [0.2, 0.25) is 0 Å². The number of rotatable bonds is 5. The number of hydrogen-bond acceptors (Lipinski definition) is 3. The van der Waals surface area contributed by atoms with Crippen molar-refractivity contribution < 1.29 is 9.59 Å². The van der Waals surface area contributed by atoms with E-state index in [9.17, 15) is 9.59 Å². The van der Waals surface area contributed by atoms with Gasteiger partial charge in [-0.1, -0.05) is 13.3 Å². The van der Waals surface area contributed by atoms with Crippen LogP contribution in [0.15, 0.2) is 0 Å². The van der Waals surface area contributed by atoms with Crippen LogP contribution in [0.5, 0.6) is 0 Å². The van der Waals surface area contributed by atoms with E-state index >= 15 is 0 Å². The van der Waals surface area contributed by atoms with Gasteiger partial charge < -0.3 is 16.0 Å². The molecule has 18 heavy (non-hydrogen) atoms. The number of carbonyl (C=O) groups is 2. The number of piperidine rings is 1. The van der Waals surface area contributed by atoms with Crippen LogP contribution in [0.4, 0.5) is 0 Å². The molecule has 0 saturated carbocycles. The largest absolute Gasteiger partial charge is 0.359 e. The molecule has 3 N–H and O–H groups in total. The molecule has 0 aromatic carbocycles. The first-order valence-electron chi connectivity index (χ1n) is 6.83. The third-order valence-electron chi connectivity index (χ3n) is 3.56. The summed E-state index contributed by atoms with van der Waals surface area (Å²) in [6, 6.07) is -0.0286. The van der Waals surface area contributed by atoms with Crippen LogP contribution in [-0.2, 0) is 9.59 Å². The number of nitrogens with two attached hydrogens (primary N) is 1. The Hall–Kier alpha value is -1.10. The average Bonchev–Trinajstić information content (AvgIpc) is 2.38. The van der Waals surface area contributed by atoms with Crippen molar-refractivity contribution in [3.05, 3.63) is 0 Å². The van der Waals surface area contributed by atoms with Crippen LogP contribution < -0.4 is 11.1 Å². The molecule has 1 atom stereocenters. The number of likely N-dealkylation sites (tertiary alicyclic amines) is 1. The molecule has 1 unspecified atom stereocenters. The van der Waals surface area contributed by atoms with Gasteiger partial charge in [-0.25, -0.2) is 0 Å². The van der Waals surface area contributed by atoms with Gasteiger partial charge in [0.1, 0.15) is 0 Å². The van der Waals surface area contributed by atoms with Crippen LogP contribution in [0.3, 0.4) is 0 Å². The minimum Gasteiger partial charge on any atom is -0.359 e. The van der Waals surface area contributed by atoms with Crippen LogP contribution in [0, 0.1) is 5.92 Å². The maximum Gasteiger partial charge on any atom is 0.224 e. The fraction of sp³-hybridized carbons (Fsp3) is 0.846. The van der Waals surface area contributed by atoms with E-state index in [-0.39, 0.29) is 23.8 Å². The molecule has 5 nitrogen and oxygen atoms in total. The molecule has 0 bridgehead atoms. The monoisotopic (exact) mass is 255 g/mol. The van der Waals surface area contributed by atoms with Gasteiger partial charge in [0.05, 0.1) is 0 Å². The van der Waals surface area contributed by atoms with Crippen molar-refractivity contribution in [2.45, 2.75) is 45.1 Å². The van der Waals surface area contributed by atoms with Gasteiger partial charge in [0.25, 0.3) is 0 Å². The van der Waals surface area contributed by atoms with Gasteiger partial charge in [-0.3, -0.25) is 9.59 Å². The lowest BCUT2D eigenvalue weighted by Gasteiger charge is -2.31. The quantitative estimate of drug-likeness (QED) is 0.750. The van der Waals surface area contributed by atoms with Crippen LogP contribution >= 0.6 is 0 Å². The Morgan fingerprint density at radius 2 is 2.00 bits per heavy atom. The van der Waals surface area contributed by atoms with Crippen LogP contribution in [-0.4, -0.2) is 42.9 Å². The standard InChI is InChI=1S/C13H25N3O2/c1-3-4-11(14)9-12(17)16-7-5-10(6-8-16)13(18)15-2/h10-11H,3-9,14H2,1-2H3,(H,15,18). The Bertz CT molecular complexity index is 286. The van der Waals surface area contributed by atoms with Crippen molar-refractivity contribution in [1.82, 2.24) is 10.2 Å². The third kappa shape index (κ3) is 4.29. The molecule has 1 rings (SSSR count). The second-order valence-electron chi connectivity index (χ2n) is 5.02. The highest BCUT2D eigenvalue weighted by Gasteiger charge is 2.27. The minimum absolute atomic E-state index is 0.0286. The average molecular weight is 255 g/mol. The van der Waals surface area contributed by atoms with Gasteiger partial charge >= 0.3 is 0 Å². The van der Waals surface area contributed by atoms with Gasteiger partial charge in [0.15, 0.2) is 0 Å². The Kier molecular flexibility index (Phi) is 6.12. The van der Waals surface area contributed by atoms with E-state index in [1.165, 1.54) is 0 Å². The number of nitrogens with zero attached hydrogens (tertiary/aromatic N) is 1. The maximum absolute atomic E-state index is 12.0. The van der Waals surface area contributed by atoms with Gasteiger partial charge in [0, 0.05) is 38.5 Å². The molecular weight excluding hydrogens is 230 g/mol. The fourth-order valence-corrected chi connectivity index (χ4v) is 2.42. The molecule has 0 radical (unpaired) electrons. The first-order chi connectivity index (χ1) is 8.58. The highest BCUT2D eigenvalue weighted by atomic mass is 16.2. The van der Waals surface area contributed by atoms with E-state index in [1.54, 1.807) is 7.05 Å². The summed E-state index contributed by atoms with van der Waals surface area (Å²) in [6.07, 6.45) is 3.84. The molecule has 0 spiro atoms. The Morgan fingerprint density at radius 3 is 2.50 bits per heavy atom. The Balaban J connectivity index is 2.33. The van der Waals surface area contributed by atoms with E-state index < -0.39 is 0 Å². The molecular formula is C13H25N3O2. The lowest BCUT2D eigenvalue weighted by molar-refractivity contribution is -0.135. The molecule has 5 heteroatoms. The molecule has 0 aliphatic carbocycles. The lowest BCUT2D eigenvalue weighted by atomic mass is 9.95. The van der Waals surface area contributed by atoms with Crippen LogP contribution in [0.25, 0.3) is 0 Å². The molecule has 0 aromatic heterocycles. The van der Waals surface area contributed by atoms with Gasteiger partial charge in [-0.15, -0.1) is 0 Å². The summed E-state index contributed by atoms with van der Waals surface area (Å²) in [4.78, 5) is 25.3. The molecule has 1 aliphatic heterocycles. The first-order valence-corrected chi connectivity index (χ1v) is 6.83. The number of hydrogen-bond donors (Lipinski definition) is 2. The maximum atomic E-state index is 12.0. The fourth-order valence-electron chi connectivity index (χ4n) is 2.42. The van der Waals surface area contributed by atoms with Crippen molar-refractivity contribution in [2.75, 3.05) is 20.1 Å². The summed E-state index contributed by atoms with van der Waals surface area (Å²) in [6.45, 7) is 3.42. The zero-order valence-corrected chi connectivity index (χ0v) is 11.4. The highest BCUT2D eigenvalue weighted by Crippen LogP contribution is 2.18. The topological polar surface area (TPSA) is 75.4 Å². The summed E-state index contributed by atoms with van der Waals surface area (Å²) >= 11 is 0. The van der Waals surface area contributed by atoms with E-state index in [0.29, 0.717) is 19.5 Å². The van der Waals surface area contributed by atoms with Crippen molar-refractivity contribution in [3.63, 3.8) is 0 Å². The predicted octanol–water partition coefficient (Wildman–Crippen LogP) is 0.489. The summed E-state index contributed by atoms with van der Waals surface area (Å²) in [5, 5.41) is 2.67. The second-order valence-corrected chi connectivity index (χ2v) is 5.02. The smallest absolute Gasteiger partial charge is 0.224 e. The van der Waals surface area contributed by atoms with Gasteiger partial charge in [-0.2, -0.15) is 0 Å². The zero-order chi connectivity index (χ0) is 13.5. The zero-order valence-electron chi connectivity index (χ0n) is 11.4. The van der Waals surface area contributed by atoms with Crippen LogP contribution in [0.1, 0.15) is 39.0 Å². The van der Waals surface area contributed by atoms with E-state index in [4.69, 9.17) is 5.73 Å². The second kappa shape index (κ2) is 7.36. The Morgan fingerprint density at radius 1 is 1.39 bits per heavy atom. The molecule has 1 saturated heterocycles. The molecule has 1 fully saturated rings. The summed E-state index contributed by atoms with van der Waals surface area (Å²) < 4.78 is 0. The molecule has 104 valence electrons. The summed E-state index contributed by atoms with van der Waals surface area (Å²) in [5.74, 6) is 0.277. The SMILES string of the molecule is CCCC(N)CC(=O)N1CCC(C(=O)NC)CC1. The third-order valence-corrected chi connectivity index (χ3v) is 3.56. The highest BCUT2D eigenvalue weighted by molar-refractivity contribution is 5.80. The molecule has 0 aromatic rings. The molecule has 1 heterocycles. The number of nitrogens with one attached hydrogen (secondary N) is 1. The van der Waals surface area contributed by atoms with Crippen molar-refractivity contribution in [2.24, 2.45) is 11.7 Å². The van der Waals surface area contributed by atoms with Crippen molar-refractivity contribution in [3.8, 4) is 0 Å². The van der Waals surface area contributed by atoms with Crippen molar-refractivity contribution >= 4 is 11.8 Å². The normalized spacial score (nSPS) is 18.5.